The van der Waals surface area contributed by atoms with Gasteiger partial charge in [-0.1, -0.05) is 176 Å². The van der Waals surface area contributed by atoms with Crippen LogP contribution in [0.5, 0.6) is 0 Å². The van der Waals surface area contributed by atoms with E-state index in [1.165, 1.54) is 79.4 Å². The number of para-hydroxylation sites is 6. The van der Waals surface area contributed by atoms with Crippen molar-refractivity contribution in [2.75, 3.05) is 0 Å². The van der Waals surface area contributed by atoms with Gasteiger partial charge in [0.1, 0.15) is 22.3 Å². The number of benzene rings is 12. The van der Waals surface area contributed by atoms with E-state index in [0.29, 0.717) is 5.46 Å². The minimum Gasteiger partial charge on any atom is -0.455 e. The van der Waals surface area contributed by atoms with Gasteiger partial charge in [-0.3, -0.25) is 0 Å². The van der Waals surface area contributed by atoms with E-state index in [2.05, 4.69) is 237 Å². The maximum atomic E-state index is 9.31. The average Bonchev–Trinajstić information content (AvgIpc) is 4.12. The number of furan rings is 2. The summed E-state index contributed by atoms with van der Waals surface area (Å²) in [5.74, 6) is 0. The Kier molecular flexibility index (Phi) is 11.6. The number of nitrogens with zero attached hydrogens (tertiary/aromatic N) is 2. The van der Waals surface area contributed by atoms with E-state index in [4.69, 9.17) is 8.83 Å². The quantitative estimate of drug-likeness (QED) is 0.172. The van der Waals surface area contributed by atoms with Gasteiger partial charge in [-0.05, 0) is 106 Å². The molecule has 18 aromatic rings. The highest BCUT2D eigenvalue weighted by Crippen LogP contribution is 2.45. The molecule has 0 aliphatic carbocycles. The second-order valence-electron chi connectivity index (χ2n) is 20.6. The van der Waals surface area contributed by atoms with E-state index in [1.54, 1.807) is 17.4 Å². The second kappa shape index (κ2) is 19.5. The summed E-state index contributed by atoms with van der Waals surface area (Å²) >= 11 is 7.05. The third kappa shape index (κ3) is 7.75. The summed E-state index contributed by atoms with van der Waals surface area (Å²) in [6.07, 6.45) is 0. The first-order valence-corrected chi connectivity index (χ1v) is 29.6. The Bertz CT molecular complexity index is 5460. The van der Waals surface area contributed by atoms with E-state index < -0.39 is 7.12 Å². The van der Waals surface area contributed by atoms with Crippen molar-refractivity contribution < 1.29 is 18.9 Å². The molecule has 6 nitrogen and oxygen atoms in total. The van der Waals surface area contributed by atoms with Crippen molar-refractivity contribution in [2.45, 2.75) is 0 Å². The summed E-state index contributed by atoms with van der Waals surface area (Å²) < 4.78 is 23.1. The molecular formula is C72H44BBrN2O4S2. The normalized spacial score (nSPS) is 11.8. The average molecular weight is 1160 g/mol. The van der Waals surface area contributed by atoms with Crippen LogP contribution in [0.1, 0.15) is 0 Å². The Balaban J connectivity index is 0.000000111. The van der Waals surface area contributed by atoms with Crippen LogP contribution in [0.4, 0.5) is 0 Å². The Morgan fingerprint density at radius 1 is 0.329 bits per heavy atom. The van der Waals surface area contributed by atoms with Crippen LogP contribution in [0, 0.1) is 0 Å². The smallest absolute Gasteiger partial charge is 0.455 e. The van der Waals surface area contributed by atoms with Crippen molar-refractivity contribution in [1.29, 1.82) is 0 Å². The molecule has 0 aliphatic heterocycles. The van der Waals surface area contributed by atoms with Crippen molar-refractivity contribution in [3.05, 3.63) is 259 Å². The molecule has 0 bridgehead atoms. The highest BCUT2D eigenvalue weighted by atomic mass is 79.9. The molecule has 388 valence electrons. The zero-order valence-electron chi connectivity index (χ0n) is 43.6. The van der Waals surface area contributed by atoms with Crippen LogP contribution < -0.4 is 5.46 Å². The first-order valence-electron chi connectivity index (χ1n) is 27.1. The summed E-state index contributed by atoms with van der Waals surface area (Å²) in [7, 11) is -1.41. The van der Waals surface area contributed by atoms with Gasteiger partial charge >= 0.3 is 7.12 Å². The summed E-state index contributed by atoms with van der Waals surface area (Å²) in [6.45, 7) is 0. The molecule has 6 aromatic heterocycles. The lowest BCUT2D eigenvalue weighted by Gasteiger charge is -2.08. The van der Waals surface area contributed by atoms with Gasteiger partial charge in [0.25, 0.3) is 0 Å². The molecule has 12 aromatic carbocycles. The van der Waals surface area contributed by atoms with Crippen LogP contribution in [0.3, 0.4) is 0 Å². The molecule has 0 saturated heterocycles. The highest BCUT2D eigenvalue weighted by Gasteiger charge is 2.21. The number of hydrogen-bond acceptors (Lipinski definition) is 6. The van der Waals surface area contributed by atoms with Gasteiger partial charge in [0.2, 0.25) is 0 Å². The van der Waals surface area contributed by atoms with Gasteiger partial charge in [-0.2, -0.15) is 0 Å². The van der Waals surface area contributed by atoms with Crippen LogP contribution in [0.2, 0.25) is 0 Å². The van der Waals surface area contributed by atoms with Gasteiger partial charge in [0.15, 0.2) is 0 Å². The molecule has 0 unspecified atom stereocenters. The van der Waals surface area contributed by atoms with E-state index in [-0.39, 0.29) is 0 Å². The van der Waals surface area contributed by atoms with E-state index in [9.17, 15) is 10.0 Å². The molecule has 2 N–H and O–H groups in total. The number of thiophene rings is 2. The molecule has 0 atom stereocenters. The molecule has 18 rings (SSSR count). The number of halogens is 1. The SMILES string of the molecule is Brc1cccc2c1oc1ccc(-n3c4ccccc4c4ccccc43)cc12.OB(O)c1cccc2c1sc1ccccc12.c1ccc2c(c1)sc1c(-c3cccc4c3oc3ccc(-n5c6ccccc6c6ccccc65)cc34)cccc12. The van der Waals surface area contributed by atoms with Gasteiger partial charge in [-0.15, -0.1) is 22.7 Å². The molecule has 82 heavy (non-hydrogen) atoms. The fourth-order valence-corrected chi connectivity index (χ4v) is 15.3. The zero-order chi connectivity index (χ0) is 54.6. The van der Waals surface area contributed by atoms with Crippen LogP contribution in [-0.2, 0) is 0 Å². The lowest BCUT2D eigenvalue weighted by molar-refractivity contribution is 0.426. The number of fused-ring (bicyclic) bond motifs is 18. The monoisotopic (exact) mass is 1150 g/mol. The van der Waals surface area contributed by atoms with Crippen LogP contribution >= 0.6 is 38.6 Å². The molecule has 0 radical (unpaired) electrons. The minimum atomic E-state index is -1.41. The molecule has 6 heterocycles. The van der Waals surface area contributed by atoms with Crippen molar-refractivity contribution in [2.24, 2.45) is 0 Å². The van der Waals surface area contributed by atoms with E-state index in [1.807, 2.05) is 47.7 Å². The molecule has 0 spiro atoms. The molecule has 0 aliphatic rings. The van der Waals surface area contributed by atoms with Crippen molar-refractivity contribution in [3.8, 4) is 22.5 Å². The topological polar surface area (TPSA) is 76.6 Å². The second-order valence-corrected chi connectivity index (χ2v) is 23.5. The minimum absolute atomic E-state index is 0.582. The molecule has 0 amide bonds. The third-order valence-corrected chi connectivity index (χ3v) is 19.1. The maximum absolute atomic E-state index is 9.31. The molecule has 0 fully saturated rings. The van der Waals surface area contributed by atoms with Crippen LogP contribution in [0.15, 0.2) is 268 Å². The standard InChI is InChI=1S/C36H21NOS.C24H14BrNO.C12H9BO2S/c1-4-16-31-23(9-1)24-10-2-5-17-32(24)37(31)22-19-20-33-30(21-22)27-13-7-12-26(35(27)38-33)29-15-8-14-28-25-11-3-6-18-34(25)39-36(28)29;25-20-9-5-8-18-19-14-15(12-13-23(19)27-24(18)20)26-21-10-3-1-6-16(21)17-7-2-4-11-22(17)26;14-13(15)10-6-3-5-9-8-4-1-2-7-11(8)16-12(9)10/h1-21H;1-14H;1-7,14-15H. The summed E-state index contributed by atoms with van der Waals surface area (Å²) in [6, 6.07) is 89.2. The largest absolute Gasteiger partial charge is 0.489 e. The molecular weight excluding hydrogens is 1110 g/mol. The van der Waals surface area contributed by atoms with E-state index >= 15 is 0 Å². The maximum Gasteiger partial charge on any atom is 0.489 e. The predicted octanol–water partition coefficient (Wildman–Crippen LogP) is 19.9. The zero-order valence-corrected chi connectivity index (χ0v) is 46.8. The molecule has 0 saturated carbocycles. The van der Waals surface area contributed by atoms with Gasteiger partial charge in [0.05, 0.1) is 26.5 Å². The highest BCUT2D eigenvalue weighted by molar-refractivity contribution is 9.10. The fraction of sp³-hybridized carbons (Fsp3) is 0. The van der Waals surface area contributed by atoms with Gasteiger partial charge in [0, 0.05) is 101 Å². The lowest BCUT2D eigenvalue weighted by atomic mass is 9.80. The number of aromatic nitrogens is 2. The molecule has 10 heteroatoms. The first-order chi connectivity index (χ1) is 40.4. The first kappa shape index (κ1) is 48.6. The van der Waals surface area contributed by atoms with Crippen molar-refractivity contribution >= 4 is 179 Å². The summed E-state index contributed by atoms with van der Waals surface area (Å²) in [5.41, 5.74) is 13.7. The Hall–Kier alpha value is -9.26. The number of hydrogen-bond donors (Lipinski definition) is 2. The van der Waals surface area contributed by atoms with Crippen LogP contribution in [-0.4, -0.2) is 26.3 Å². The Labute approximate surface area is 485 Å². The van der Waals surface area contributed by atoms with Crippen LogP contribution in [0.25, 0.3) is 150 Å². The Morgan fingerprint density at radius 3 is 1.24 bits per heavy atom. The fourth-order valence-electron chi connectivity index (χ4n) is 12.4. The van der Waals surface area contributed by atoms with E-state index in [0.717, 1.165) is 75.4 Å². The Morgan fingerprint density at radius 2 is 0.720 bits per heavy atom. The van der Waals surface area contributed by atoms with Crippen molar-refractivity contribution in [1.82, 2.24) is 9.13 Å². The van der Waals surface area contributed by atoms with Crippen molar-refractivity contribution in [3.63, 3.8) is 0 Å². The number of rotatable bonds is 4. The van der Waals surface area contributed by atoms with Gasteiger partial charge < -0.3 is 28.0 Å². The summed E-state index contributed by atoms with van der Waals surface area (Å²) in [4.78, 5) is 0. The third-order valence-electron chi connectivity index (χ3n) is 16.0. The predicted molar refractivity (Wildman–Crippen MR) is 351 cm³/mol. The lowest BCUT2D eigenvalue weighted by Crippen LogP contribution is -2.29. The summed E-state index contributed by atoms with van der Waals surface area (Å²) in [5, 5.41) is 33.1. The van der Waals surface area contributed by atoms with Gasteiger partial charge in [-0.25, -0.2) is 0 Å².